The van der Waals surface area contributed by atoms with E-state index in [1.807, 2.05) is 32.0 Å². The average Bonchev–Trinajstić information content (AvgIpc) is 2.84. The number of para-hydroxylation sites is 1. The molecule has 0 saturated carbocycles. The van der Waals surface area contributed by atoms with Gasteiger partial charge in [0.15, 0.2) is 6.61 Å². The van der Waals surface area contributed by atoms with E-state index in [0.717, 1.165) is 20.5 Å². The maximum atomic E-state index is 13.1. The molecule has 4 rings (SSSR count). The molecular weight excluding hydrogens is 526 g/mol. The van der Waals surface area contributed by atoms with Crippen molar-refractivity contribution in [3.05, 3.63) is 93.5 Å². The lowest BCUT2D eigenvalue weighted by Crippen LogP contribution is -2.54. The van der Waals surface area contributed by atoms with Crippen molar-refractivity contribution in [3.8, 4) is 5.75 Å². The van der Waals surface area contributed by atoms with E-state index >= 15 is 0 Å². The summed E-state index contributed by atoms with van der Waals surface area (Å²) in [6.45, 7) is 3.55. The molecule has 5 amide bonds. The average molecular weight is 548 g/mol. The van der Waals surface area contributed by atoms with E-state index in [0.29, 0.717) is 22.7 Å². The van der Waals surface area contributed by atoms with E-state index in [4.69, 9.17) is 4.74 Å². The minimum absolute atomic E-state index is 0.242. The molecule has 1 saturated heterocycles. The number of hydrogen-bond donors (Lipinski definition) is 2. The smallest absolute Gasteiger partial charge is 0.335 e. The van der Waals surface area contributed by atoms with Gasteiger partial charge >= 0.3 is 6.03 Å². The van der Waals surface area contributed by atoms with E-state index < -0.39 is 17.8 Å². The Labute approximate surface area is 216 Å². The van der Waals surface area contributed by atoms with Gasteiger partial charge in [-0.05, 0) is 67.4 Å². The molecule has 0 atom stereocenters. The number of nitrogens with zero attached hydrogens (tertiary/aromatic N) is 1. The van der Waals surface area contributed by atoms with Crippen molar-refractivity contribution in [2.45, 2.75) is 13.8 Å². The van der Waals surface area contributed by atoms with Crippen LogP contribution >= 0.6 is 15.9 Å². The van der Waals surface area contributed by atoms with Crippen molar-refractivity contribution in [2.24, 2.45) is 0 Å². The van der Waals surface area contributed by atoms with Crippen molar-refractivity contribution in [1.82, 2.24) is 5.32 Å². The molecule has 36 heavy (non-hydrogen) atoms. The second-order valence-corrected chi connectivity index (χ2v) is 9.04. The second kappa shape index (κ2) is 10.6. The van der Waals surface area contributed by atoms with Crippen LogP contribution < -0.4 is 20.3 Å². The third-order valence-electron chi connectivity index (χ3n) is 5.43. The zero-order valence-electron chi connectivity index (χ0n) is 19.5. The molecule has 0 bridgehead atoms. The predicted molar refractivity (Wildman–Crippen MR) is 140 cm³/mol. The van der Waals surface area contributed by atoms with Gasteiger partial charge in [-0.1, -0.05) is 46.3 Å². The lowest BCUT2D eigenvalue weighted by Gasteiger charge is -2.26. The van der Waals surface area contributed by atoms with Gasteiger partial charge in [0.1, 0.15) is 11.3 Å². The van der Waals surface area contributed by atoms with Gasteiger partial charge in [0.25, 0.3) is 17.7 Å². The molecule has 0 aromatic heterocycles. The van der Waals surface area contributed by atoms with Gasteiger partial charge in [-0.3, -0.25) is 19.7 Å². The maximum Gasteiger partial charge on any atom is 0.335 e. The number of ether oxygens (including phenoxy) is 1. The van der Waals surface area contributed by atoms with Crippen LogP contribution in [0.4, 0.5) is 16.2 Å². The van der Waals surface area contributed by atoms with Crippen LogP contribution in [0, 0.1) is 13.8 Å². The number of halogens is 1. The number of carbonyl (C=O) groups excluding carboxylic acids is 4. The highest BCUT2D eigenvalue weighted by molar-refractivity contribution is 9.10. The Hall–Kier alpha value is -4.24. The van der Waals surface area contributed by atoms with Gasteiger partial charge in [-0.25, -0.2) is 9.69 Å². The number of amides is 5. The number of imide groups is 2. The summed E-state index contributed by atoms with van der Waals surface area (Å²) in [5.41, 5.74) is 3.10. The number of carbonyl (C=O) groups is 4. The van der Waals surface area contributed by atoms with Crippen LogP contribution in [-0.4, -0.2) is 30.4 Å². The minimum atomic E-state index is -0.836. The largest absolute Gasteiger partial charge is 0.483 e. The van der Waals surface area contributed by atoms with Crippen LogP contribution in [-0.2, 0) is 14.4 Å². The zero-order valence-corrected chi connectivity index (χ0v) is 21.1. The van der Waals surface area contributed by atoms with E-state index in [1.165, 1.54) is 6.08 Å². The standard InChI is InChI=1S/C27H22BrN3O5/c1-16-7-8-17(2)22(13-16)29-24(32)15-36-23-6-4-3-5-18(23)14-21-25(33)30-27(35)31(26(21)34)20-11-9-19(28)10-12-20/h3-14H,15H2,1-2H3,(H,29,32)(H,30,33,35)/b21-14+. The molecule has 9 heteroatoms. The highest BCUT2D eigenvalue weighted by Crippen LogP contribution is 2.26. The topological polar surface area (TPSA) is 105 Å². The number of benzene rings is 3. The van der Waals surface area contributed by atoms with Crippen LogP contribution in [0.1, 0.15) is 16.7 Å². The van der Waals surface area contributed by atoms with Crippen LogP contribution in [0.25, 0.3) is 6.08 Å². The van der Waals surface area contributed by atoms with Gasteiger partial charge in [0.2, 0.25) is 0 Å². The Morgan fingerprint density at radius 3 is 2.50 bits per heavy atom. The Kier molecular flexibility index (Phi) is 7.30. The van der Waals surface area contributed by atoms with E-state index in [-0.39, 0.29) is 18.1 Å². The molecule has 182 valence electrons. The Bertz CT molecular complexity index is 1400. The number of urea groups is 1. The van der Waals surface area contributed by atoms with Gasteiger partial charge in [0.05, 0.1) is 5.69 Å². The third-order valence-corrected chi connectivity index (χ3v) is 5.96. The van der Waals surface area contributed by atoms with E-state index in [1.54, 1.807) is 48.5 Å². The van der Waals surface area contributed by atoms with Crippen molar-refractivity contribution >= 4 is 57.1 Å². The number of nitrogens with one attached hydrogen (secondary N) is 2. The lowest BCUT2D eigenvalue weighted by atomic mass is 10.1. The number of barbiturate groups is 1. The highest BCUT2D eigenvalue weighted by Gasteiger charge is 2.37. The molecule has 1 fully saturated rings. The van der Waals surface area contributed by atoms with Crippen molar-refractivity contribution in [2.75, 3.05) is 16.8 Å². The molecule has 2 N–H and O–H groups in total. The summed E-state index contributed by atoms with van der Waals surface area (Å²) in [7, 11) is 0. The Balaban J connectivity index is 1.54. The van der Waals surface area contributed by atoms with Gasteiger partial charge in [-0.2, -0.15) is 0 Å². The molecule has 0 radical (unpaired) electrons. The zero-order chi connectivity index (χ0) is 25.8. The lowest BCUT2D eigenvalue weighted by molar-refractivity contribution is -0.122. The van der Waals surface area contributed by atoms with Gasteiger partial charge in [0, 0.05) is 15.7 Å². The summed E-state index contributed by atoms with van der Waals surface area (Å²) < 4.78 is 6.49. The fraction of sp³-hybridized carbons (Fsp3) is 0.111. The fourth-order valence-corrected chi connectivity index (χ4v) is 3.83. The first-order valence-corrected chi connectivity index (χ1v) is 11.8. The summed E-state index contributed by atoms with van der Waals surface area (Å²) in [5, 5.41) is 5.02. The molecule has 0 spiro atoms. The molecule has 1 aliphatic heterocycles. The summed E-state index contributed by atoms with van der Waals surface area (Å²) in [6.07, 6.45) is 1.34. The minimum Gasteiger partial charge on any atom is -0.483 e. The molecular formula is C27H22BrN3O5. The molecule has 0 unspecified atom stereocenters. The second-order valence-electron chi connectivity index (χ2n) is 8.13. The first kappa shape index (κ1) is 24.9. The first-order valence-electron chi connectivity index (χ1n) is 11.0. The number of anilines is 2. The molecule has 1 heterocycles. The normalized spacial score (nSPS) is 14.6. The fourth-order valence-electron chi connectivity index (χ4n) is 3.57. The van der Waals surface area contributed by atoms with Crippen LogP contribution in [0.5, 0.6) is 5.75 Å². The molecule has 8 nitrogen and oxygen atoms in total. The van der Waals surface area contributed by atoms with E-state index in [2.05, 4.69) is 26.6 Å². The third kappa shape index (κ3) is 5.52. The molecule has 1 aliphatic rings. The highest BCUT2D eigenvalue weighted by atomic mass is 79.9. The van der Waals surface area contributed by atoms with E-state index in [9.17, 15) is 19.2 Å². The van der Waals surface area contributed by atoms with Gasteiger partial charge in [-0.15, -0.1) is 0 Å². The number of hydrogen-bond acceptors (Lipinski definition) is 5. The van der Waals surface area contributed by atoms with Gasteiger partial charge < -0.3 is 10.1 Å². The summed E-state index contributed by atoms with van der Waals surface area (Å²) >= 11 is 3.31. The van der Waals surface area contributed by atoms with Crippen LogP contribution in [0.3, 0.4) is 0 Å². The summed E-state index contributed by atoms with van der Waals surface area (Å²) in [4.78, 5) is 51.5. The summed E-state index contributed by atoms with van der Waals surface area (Å²) in [5.74, 6) is -1.65. The van der Waals surface area contributed by atoms with Crippen molar-refractivity contribution in [1.29, 1.82) is 0 Å². The first-order chi connectivity index (χ1) is 17.2. The Morgan fingerprint density at radius 1 is 1.03 bits per heavy atom. The van der Waals surface area contributed by atoms with Crippen molar-refractivity contribution in [3.63, 3.8) is 0 Å². The maximum absolute atomic E-state index is 13.1. The van der Waals surface area contributed by atoms with Crippen molar-refractivity contribution < 1.29 is 23.9 Å². The Morgan fingerprint density at radius 2 is 1.75 bits per heavy atom. The SMILES string of the molecule is Cc1ccc(C)c(NC(=O)COc2ccccc2/C=C2\C(=O)NC(=O)N(c3ccc(Br)cc3)C2=O)c1. The summed E-state index contributed by atoms with van der Waals surface area (Å²) in [6, 6.07) is 18.1. The molecule has 3 aromatic rings. The number of aryl methyl sites for hydroxylation is 2. The number of rotatable bonds is 6. The van der Waals surface area contributed by atoms with Crippen LogP contribution in [0.15, 0.2) is 76.8 Å². The quantitative estimate of drug-likeness (QED) is 0.342. The monoisotopic (exact) mass is 547 g/mol. The molecule has 3 aromatic carbocycles. The predicted octanol–water partition coefficient (Wildman–Crippen LogP) is 4.75. The molecule has 0 aliphatic carbocycles. The van der Waals surface area contributed by atoms with Crippen LogP contribution in [0.2, 0.25) is 0 Å².